The summed E-state index contributed by atoms with van der Waals surface area (Å²) < 4.78 is 8.28. The molecule has 0 aromatic carbocycles. The summed E-state index contributed by atoms with van der Waals surface area (Å²) in [7, 11) is 0.611. The standard InChI is InChI=1S/4FH.Mg.H2OSi/c;;;;;1-2/h4*1H;;2H2/q;;;;+2;/p-2. The van der Waals surface area contributed by atoms with Crippen molar-refractivity contribution in [2.45, 2.75) is 0 Å². The van der Waals surface area contributed by atoms with Gasteiger partial charge in [0, 0.05) is 0 Å². The first kappa shape index (κ1) is 140. The quantitative estimate of drug-likeness (QED) is 0.246. The normalized spacial score (nSPS) is 0.571. The van der Waals surface area contributed by atoms with Crippen LogP contribution in [0.1, 0.15) is 0 Å². The minimum Gasteiger partial charge on any atom is -1.00 e. The first-order valence-electron chi connectivity index (χ1n) is 0.289. The predicted octanol–water partition coefficient (Wildman–Crippen LogP) is -7.10. The number of hydrogen-bond donors (Lipinski definition) is 0. The van der Waals surface area contributed by atoms with Crippen LogP contribution in [0.3, 0.4) is 0 Å². The van der Waals surface area contributed by atoms with Gasteiger partial charge in [-0.2, -0.15) is 0 Å². The van der Waals surface area contributed by atoms with Gasteiger partial charge in [-0.25, -0.2) is 0 Å². The van der Waals surface area contributed by atoms with Gasteiger partial charge in [0.15, 0.2) is 0 Å². The second kappa shape index (κ2) is 778. The summed E-state index contributed by atoms with van der Waals surface area (Å²) in [6, 6.07) is 0. The van der Waals surface area contributed by atoms with Gasteiger partial charge in [-0.3, -0.25) is 9.41 Å². The van der Waals surface area contributed by atoms with Crippen molar-refractivity contribution in [2.24, 2.45) is 0 Å². The molecule has 1 nitrogen and oxygen atoms in total. The molecule has 0 radical (unpaired) electrons. The number of rotatable bonds is 0. The van der Waals surface area contributed by atoms with Crippen LogP contribution in [0.5, 0.6) is 0 Å². The summed E-state index contributed by atoms with van der Waals surface area (Å²) in [5, 5.41) is 0. The van der Waals surface area contributed by atoms with Crippen LogP contribution in [0.2, 0.25) is 0 Å². The van der Waals surface area contributed by atoms with Crippen LogP contribution in [-0.2, 0) is 4.46 Å². The molecule has 0 aliphatic rings. The van der Waals surface area contributed by atoms with Gasteiger partial charge < -0.3 is 13.9 Å². The van der Waals surface area contributed by atoms with E-state index in [1.54, 1.807) is 0 Å². The summed E-state index contributed by atoms with van der Waals surface area (Å²) >= 11 is 0. The molecule has 0 N–H and O–H groups in total. The molecule has 0 fully saturated rings. The molecule has 0 aliphatic carbocycles. The van der Waals surface area contributed by atoms with E-state index in [9.17, 15) is 0 Å². The van der Waals surface area contributed by atoms with E-state index in [0.717, 1.165) is 0 Å². The first-order valence-corrected chi connectivity index (χ1v) is 0.866. The van der Waals surface area contributed by atoms with Crippen LogP contribution in [0.4, 0.5) is 9.41 Å². The zero-order valence-corrected chi connectivity index (χ0v) is 6.22. The van der Waals surface area contributed by atoms with E-state index in [-0.39, 0.29) is 41.9 Å². The molecule has 0 rings (SSSR count). The Morgan fingerprint density at radius 3 is 0.857 bits per heavy atom. The molecule has 0 saturated carbocycles. The fraction of sp³-hybridized carbons (Fsp3) is 0. The molecular weight excluding hydrogens is 144 g/mol. The van der Waals surface area contributed by atoms with Crippen molar-refractivity contribution in [1.29, 1.82) is 0 Å². The maximum absolute atomic E-state index is 8.28. The molecule has 0 heterocycles. The van der Waals surface area contributed by atoms with Crippen LogP contribution < -0.4 is 9.41 Å². The summed E-state index contributed by atoms with van der Waals surface area (Å²) in [4.78, 5) is 0. The van der Waals surface area contributed by atoms with E-state index in [2.05, 4.69) is 0 Å². The number of halogens is 4. The van der Waals surface area contributed by atoms with Gasteiger partial charge in [-0.05, 0) is 0 Å². The molecule has 0 aromatic heterocycles. The third-order valence-corrected chi connectivity index (χ3v) is 0. The van der Waals surface area contributed by atoms with Gasteiger partial charge in [0.05, 0.1) is 0 Å². The minimum atomic E-state index is 0. The number of hydrogen-bond acceptors (Lipinski definition) is 1. The molecular formula is H4F4MgOSi. The average molecular weight is 148 g/mol. The molecule has 0 unspecified atom stereocenters. The van der Waals surface area contributed by atoms with E-state index >= 15 is 0 Å². The molecule has 0 aromatic rings. The zero-order valence-electron chi connectivity index (χ0n) is 3.39. The second-order valence-electron chi connectivity index (χ2n) is 0. The van der Waals surface area contributed by atoms with Crippen LogP contribution >= 0.6 is 0 Å². The Kier molecular flexibility index (Phi) is 15600. The van der Waals surface area contributed by atoms with E-state index in [1.807, 2.05) is 0 Å². The van der Waals surface area contributed by atoms with Crippen molar-refractivity contribution < 1.29 is 23.3 Å². The van der Waals surface area contributed by atoms with Crippen molar-refractivity contribution >= 4 is 33.2 Å². The monoisotopic (exact) mass is 148 g/mol. The van der Waals surface area contributed by atoms with E-state index in [0.29, 0.717) is 10.1 Å². The van der Waals surface area contributed by atoms with E-state index < -0.39 is 0 Å². The zero-order chi connectivity index (χ0) is 2.00. The Hall–Kier alpha value is 0.503. The van der Waals surface area contributed by atoms with Gasteiger partial charge in [-0.15, -0.1) is 0 Å². The van der Waals surface area contributed by atoms with Crippen LogP contribution in [0, 0.1) is 0 Å². The summed E-state index contributed by atoms with van der Waals surface area (Å²) in [5.74, 6) is 0. The molecule has 0 atom stereocenters. The Morgan fingerprint density at radius 1 is 0.857 bits per heavy atom. The van der Waals surface area contributed by atoms with Crippen LogP contribution in [0.25, 0.3) is 0 Å². The Morgan fingerprint density at radius 2 is 0.857 bits per heavy atom. The topological polar surface area (TPSA) is 17.1 Å². The van der Waals surface area contributed by atoms with Crippen LogP contribution in [0.15, 0.2) is 0 Å². The predicted molar refractivity (Wildman–Crippen MR) is 20.0 cm³/mol. The smallest absolute Gasteiger partial charge is 1.00 e. The fourth-order valence-electron chi connectivity index (χ4n) is 0. The molecule has 0 saturated heterocycles. The van der Waals surface area contributed by atoms with E-state index in [1.165, 1.54) is 0 Å². The maximum atomic E-state index is 8.28. The van der Waals surface area contributed by atoms with Gasteiger partial charge >= 0.3 is 23.1 Å². The molecule has 7 heavy (non-hydrogen) atoms. The van der Waals surface area contributed by atoms with Gasteiger partial charge in [0.25, 0.3) is 0 Å². The van der Waals surface area contributed by atoms with E-state index in [4.69, 9.17) is 4.46 Å². The molecule has 7 heteroatoms. The maximum Gasteiger partial charge on any atom is 2.00 e. The van der Waals surface area contributed by atoms with Crippen molar-refractivity contribution in [3.63, 3.8) is 0 Å². The molecule has 0 aliphatic heterocycles. The molecule has 0 spiro atoms. The van der Waals surface area contributed by atoms with Gasteiger partial charge in [0.1, 0.15) is 0 Å². The van der Waals surface area contributed by atoms with Gasteiger partial charge in [-0.1, -0.05) is 0 Å². The molecule has 0 bridgehead atoms. The summed E-state index contributed by atoms with van der Waals surface area (Å²) in [6.45, 7) is 0. The van der Waals surface area contributed by atoms with Crippen molar-refractivity contribution in [3.05, 3.63) is 0 Å². The van der Waals surface area contributed by atoms with Gasteiger partial charge in [0.2, 0.25) is 10.1 Å². The average Bonchev–Trinajstić information content (AvgIpc) is 1.00. The molecule has 0 amide bonds. The Labute approximate surface area is 57.0 Å². The fourth-order valence-corrected chi connectivity index (χ4v) is 0. The second-order valence-corrected chi connectivity index (χ2v) is 0. The summed E-state index contributed by atoms with van der Waals surface area (Å²) in [5.41, 5.74) is 0. The van der Waals surface area contributed by atoms with Crippen molar-refractivity contribution in [1.82, 2.24) is 0 Å². The SMILES string of the molecule is F.F.O=[SiH2].[F-].[F-].[Mg+2]. The largest absolute Gasteiger partial charge is 2.00 e. The van der Waals surface area contributed by atoms with Crippen molar-refractivity contribution in [3.8, 4) is 0 Å². The first-order chi connectivity index (χ1) is 1.00. The third kappa shape index (κ3) is 521. The minimum absolute atomic E-state index is 0. The Balaban J connectivity index is -0.000000000500. The van der Waals surface area contributed by atoms with Crippen LogP contribution in [-0.4, -0.2) is 33.2 Å². The third-order valence-electron chi connectivity index (χ3n) is 0. The molecule has 44 valence electrons. The van der Waals surface area contributed by atoms with Crippen molar-refractivity contribution in [2.75, 3.05) is 0 Å². The Bertz CT molecular complexity index is 11.7. The summed E-state index contributed by atoms with van der Waals surface area (Å²) in [6.07, 6.45) is 0.